The maximum absolute atomic E-state index is 5.78. The Morgan fingerprint density at radius 2 is 1.96 bits per heavy atom. The van der Waals surface area contributed by atoms with Crippen molar-refractivity contribution >= 4 is 5.96 Å². The van der Waals surface area contributed by atoms with Crippen LogP contribution in [0.2, 0.25) is 0 Å². The van der Waals surface area contributed by atoms with E-state index in [1.807, 2.05) is 37.4 Å². The lowest BCUT2D eigenvalue weighted by atomic mass is 10.2. The van der Waals surface area contributed by atoms with E-state index in [0.717, 1.165) is 23.9 Å². The number of aliphatic imine (C=N–C) groups is 1. The van der Waals surface area contributed by atoms with Crippen LogP contribution >= 0.6 is 0 Å². The predicted molar refractivity (Wildman–Crippen MR) is 112 cm³/mol. The average molecular weight is 377 g/mol. The first kappa shape index (κ1) is 19.5. The third-order valence-corrected chi connectivity index (χ3v) is 4.51. The van der Waals surface area contributed by atoms with Crippen molar-refractivity contribution < 1.29 is 4.74 Å². The van der Waals surface area contributed by atoms with E-state index in [4.69, 9.17) is 4.74 Å². The number of aromatic nitrogens is 2. The Kier molecular flexibility index (Phi) is 6.68. The lowest BCUT2D eigenvalue weighted by molar-refractivity contribution is 0.301. The SMILES string of the molecule is CN=C(NCc1ccc(OCc2ccccn2)cc1)N(C)Cc1cccn1C. The van der Waals surface area contributed by atoms with Crippen LogP contribution in [0.5, 0.6) is 5.75 Å². The van der Waals surface area contributed by atoms with Crippen LogP contribution in [0.25, 0.3) is 0 Å². The van der Waals surface area contributed by atoms with Gasteiger partial charge in [-0.3, -0.25) is 9.98 Å². The summed E-state index contributed by atoms with van der Waals surface area (Å²) < 4.78 is 7.90. The molecule has 0 bridgehead atoms. The van der Waals surface area contributed by atoms with Gasteiger partial charge in [0.05, 0.1) is 12.2 Å². The fraction of sp³-hybridized carbons (Fsp3) is 0.273. The number of guanidine groups is 1. The highest BCUT2D eigenvalue weighted by Gasteiger charge is 2.08. The molecule has 0 fully saturated rings. The number of hydrogen-bond acceptors (Lipinski definition) is 3. The van der Waals surface area contributed by atoms with Crippen molar-refractivity contribution in [2.24, 2.45) is 12.0 Å². The molecule has 2 aromatic heterocycles. The van der Waals surface area contributed by atoms with E-state index in [9.17, 15) is 0 Å². The van der Waals surface area contributed by atoms with E-state index < -0.39 is 0 Å². The van der Waals surface area contributed by atoms with Crippen LogP contribution < -0.4 is 10.1 Å². The van der Waals surface area contributed by atoms with Crippen molar-refractivity contribution in [3.05, 3.63) is 83.9 Å². The van der Waals surface area contributed by atoms with Gasteiger partial charge in [-0.25, -0.2) is 0 Å². The molecule has 3 aromatic rings. The zero-order valence-electron chi connectivity index (χ0n) is 16.7. The molecule has 28 heavy (non-hydrogen) atoms. The third kappa shape index (κ3) is 5.36. The molecule has 0 amide bonds. The first-order valence-electron chi connectivity index (χ1n) is 9.29. The second-order valence-corrected chi connectivity index (χ2v) is 6.62. The van der Waals surface area contributed by atoms with Gasteiger partial charge < -0.3 is 19.5 Å². The monoisotopic (exact) mass is 377 g/mol. The molecule has 0 aliphatic heterocycles. The average Bonchev–Trinajstić information content (AvgIpc) is 3.13. The number of pyridine rings is 1. The summed E-state index contributed by atoms with van der Waals surface area (Å²) in [5.41, 5.74) is 3.32. The molecule has 0 aliphatic carbocycles. The van der Waals surface area contributed by atoms with Crippen molar-refractivity contribution in [3.8, 4) is 5.75 Å². The maximum Gasteiger partial charge on any atom is 0.194 e. The minimum Gasteiger partial charge on any atom is -0.487 e. The molecule has 3 rings (SSSR count). The largest absolute Gasteiger partial charge is 0.487 e. The van der Waals surface area contributed by atoms with Gasteiger partial charge in [-0.15, -0.1) is 0 Å². The Bertz CT molecular complexity index is 887. The molecular weight excluding hydrogens is 350 g/mol. The summed E-state index contributed by atoms with van der Waals surface area (Å²) in [6.45, 7) is 1.96. The number of aryl methyl sites for hydroxylation is 1. The van der Waals surface area contributed by atoms with Gasteiger partial charge in [0.15, 0.2) is 5.96 Å². The summed E-state index contributed by atoms with van der Waals surface area (Å²) in [6, 6.07) is 18.1. The first-order chi connectivity index (χ1) is 13.7. The summed E-state index contributed by atoms with van der Waals surface area (Å²) in [5.74, 6) is 1.69. The zero-order valence-corrected chi connectivity index (χ0v) is 16.7. The van der Waals surface area contributed by atoms with Gasteiger partial charge in [-0.05, 0) is 42.0 Å². The minimum absolute atomic E-state index is 0.467. The van der Waals surface area contributed by atoms with Gasteiger partial charge in [0.1, 0.15) is 12.4 Å². The molecule has 146 valence electrons. The standard InChI is InChI=1S/C22H27N5O/c1-23-22(27(3)16-20-8-6-14-26(20)2)25-15-18-9-11-21(12-10-18)28-17-19-7-4-5-13-24-19/h4-14H,15-17H2,1-3H3,(H,23,25). The van der Waals surface area contributed by atoms with Crippen LogP contribution in [0, 0.1) is 0 Å². The van der Waals surface area contributed by atoms with E-state index in [1.54, 1.807) is 13.2 Å². The molecule has 0 saturated heterocycles. The predicted octanol–water partition coefficient (Wildman–Crippen LogP) is 3.21. The van der Waals surface area contributed by atoms with E-state index in [1.165, 1.54) is 11.3 Å². The summed E-state index contributed by atoms with van der Waals surface area (Å²) in [6.07, 6.45) is 3.83. The van der Waals surface area contributed by atoms with Gasteiger partial charge in [-0.1, -0.05) is 18.2 Å². The molecule has 1 N–H and O–H groups in total. The van der Waals surface area contributed by atoms with Crippen LogP contribution in [0.1, 0.15) is 17.0 Å². The number of rotatable bonds is 7. The minimum atomic E-state index is 0.467. The fourth-order valence-electron chi connectivity index (χ4n) is 2.89. The van der Waals surface area contributed by atoms with Gasteiger partial charge >= 0.3 is 0 Å². The lowest BCUT2D eigenvalue weighted by Gasteiger charge is -2.22. The fourth-order valence-corrected chi connectivity index (χ4v) is 2.89. The lowest BCUT2D eigenvalue weighted by Crippen LogP contribution is -2.38. The molecule has 0 atom stereocenters. The van der Waals surface area contributed by atoms with Gasteiger partial charge in [-0.2, -0.15) is 0 Å². The molecule has 6 nitrogen and oxygen atoms in total. The van der Waals surface area contributed by atoms with Gasteiger partial charge in [0.2, 0.25) is 0 Å². The highest BCUT2D eigenvalue weighted by molar-refractivity contribution is 5.79. The Morgan fingerprint density at radius 1 is 1.14 bits per heavy atom. The van der Waals surface area contributed by atoms with Gasteiger partial charge in [0, 0.05) is 45.8 Å². The Labute approximate surface area is 166 Å². The van der Waals surface area contributed by atoms with Crippen LogP contribution in [0.15, 0.2) is 72.0 Å². The van der Waals surface area contributed by atoms with E-state index in [-0.39, 0.29) is 0 Å². The Hall–Kier alpha value is -3.28. The highest BCUT2D eigenvalue weighted by Crippen LogP contribution is 2.14. The number of ether oxygens (including phenoxy) is 1. The molecular formula is C22H27N5O. The molecule has 0 radical (unpaired) electrons. The zero-order chi connectivity index (χ0) is 19.8. The van der Waals surface area contributed by atoms with Crippen LogP contribution in [-0.2, 0) is 26.7 Å². The first-order valence-corrected chi connectivity index (χ1v) is 9.29. The van der Waals surface area contributed by atoms with Crippen molar-refractivity contribution in [1.82, 2.24) is 19.8 Å². The number of nitrogens with zero attached hydrogens (tertiary/aromatic N) is 4. The van der Waals surface area contributed by atoms with E-state index >= 15 is 0 Å². The molecule has 6 heteroatoms. The molecule has 2 heterocycles. The Balaban J connectivity index is 1.49. The highest BCUT2D eigenvalue weighted by atomic mass is 16.5. The van der Waals surface area contributed by atoms with Crippen molar-refractivity contribution in [2.75, 3.05) is 14.1 Å². The topological polar surface area (TPSA) is 54.7 Å². The summed E-state index contributed by atoms with van der Waals surface area (Å²) in [7, 11) is 5.89. The van der Waals surface area contributed by atoms with Crippen molar-refractivity contribution in [2.45, 2.75) is 19.7 Å². The maximum atomic E-state index is 5.78. The molecule has 0 spiro atoms. The second kappa shape index (κ2) is 9.60. The van der Waals surface area contributed by atoms with Crippen LogP contribution in [0.3, 0.4) is 0 Å². The van der Waals surface area contributed by atoms with E-state index in [0.29, 0.717) is 13.2 Å². The molecule has 1 aromatic carbocycles. The number of hydrogen-bond donors (Lipinski definition) is 1. The van der Waals surface area contributed by atoms with E-state index in [2.05, 4.69) is 62.3 Å². The number of benzene rings is 1. The summed E-state index contributed by atoms with van der Waals surface area (Å²) in [4.78, 5) is 10.8. The van der Waals surface area contributed by atoms with Crippen LogP contribution in [0.4, 0.5) is 0 Å². The normalized spacial score (nSPS) is 11.3. The van der Waals surface area contributed by atoms with Crippen molar-refractivity contribution in [1.29, 1.82) is 0 Å². The summed E-state index contributed by atoms with van der Waals surface area (Å²) in [5, 5.41) is 3.41. The third-order valence-electron chi connectivity index (χ3n) is 4.51. The second-order valence-electron chi connectivity index (χ2n) is 6.62. The quantitative estimate of drug-likeness (QED) is 0.507. The van der Waals surface area contributed by atoms with Gasteiger partial charge in [0.25, 0.3) is 0 Å². The smallest absolute Gasteiger partial charge is 0.194 e. The summed E-state index contributed by atoms with van der Waals surface area (Å²) >= 11 is 0. The molecule has 0 saturated carbocycles. The molecule has 0 aliphatic rings. The van der Waals surface area contributed by atoms with Crippen LogP contribution in [-0.4, -0.2) is 34.5 Å². The Morgan fingerprint density at radius 3 is 2.61 bits per heavy atom. The van der Waals surface area contributed by atoms with Crippen molar-refractivity contribution in [3.63, 3.8) is 0 Å². The molecule has 0 unspecified atom stereocenters. The number of nitrogens with one attached hydrogen (secondary N) is 1.